The van der Waals surface area contributed by atoms with Gasteiger partial charge in [0.15, 0.2) is 0 Å². The van der Waals surface area contributed by atoms with E-state index >= 15 is 0 Å². The van der Waals surface area contributed by atoms with Crippen molar-refractivity contribution >= 4 is 5.91 Å². The van der Waals surface area contributed by atoms with Crippen molar-refractivity contribution in [2.24, 2.45) is 0 Å². The lowest BCUT2D eigenvalue weighted by atomic mass is 10.0. The Hall–Kier alpha value is -3.25. The average molecular weight is 420 g/mol. The van der Waals surface area contributed by atoms with E-state index in [4.69, 9.17) is 0 Å². The molecule has 0 saturated carbocycles. The van der Waals surface area contributed by atoms with E-state index < -0.39 is 5.56 Å². The molecule has 0 bridgehead atoms. The van der Waals surface area contributed by atoms with Gasteiger partial charge in [-0.25, -0.2) is 4.39 Å². The van der Waals surface area contributed by atoms with E-state index in [2.05, 4.69) is 22.3 Å². The van der Waals surface area contributed by atoms with E-state index in [1.165, 1.54) is 34.4 Å². The Bertz CT molecular complexity index is 1100. The van der Waals surface area contributed by atoms with Gasteiger partial charge in [-0.15, -0.1) is 0 Å². The molecule has 1 aliphatic rings. The summed E-state index contributed by atoms with van der Waals surface area (Å²) in [5, 5.41) is 3.05. The van der Waals surface area contributed by atoms with Gasteiger partial charge in [-0.05, 0) is 61.2 Å². The number of carbonyl (C=O) groups is 1. The van der Waals surface area contributed by atoms with Crippen LogP contribution in [0.15, 0.2) is 71.7 Å². The lowest BCUT2D eigenvalue weighted by Gasteiger charge is -2.32. The number of aryl methyl sites for hydroxylation is 1. The van der Waals surface area contributed by atoms with Crippen molar-refractivity contribution in [1.82, 2.24) is 14.8 Å². The first kappa shape index (κ1) is 21.0. The van der Waals surface area contributed by atoms with Gasteiger partial charge < -0.3 is 5.32 Å². The number of likely N-dealkylation sites (tertiary alicyclic amines) is 1. The zero-order chi connectivity index (χ0) is 21.8. The van der Waals surface area contributed by atoms with Gasteiger partial charge in [0, 0.05) is 37.6 Å². The fraction of sp³-hybridized carbons (Fsp3) is 0.280. The number of pyridine rings is 1. The van der Waals surface area contributed by atoms with Crippen molar-refractivity contribution in [3.8, 4) is 5.69 Å². The molecule has 1 saturated heterocycles. The van der Waals surface area contributed by atoms with Crippen LogP contribution in [0, 0.1) is 12.7 Å². The Morgan fingerprint density at radius 2 is 1.71 bits per heavy atom. The van der Waals surface area contributed by atoms with Crippen molar-refractivity contribution in [3.05, 3.63) is 99.7 Å². The first-order chi connectivity index (χ1) is 15.0. The largest absolute Gasteiger partial charge is 0.349 e. The molecule has 6 heteroatoms. The van der Waals surface area contributed by atoms with Crippen LogP contribution in [0.5, 0.6) is 0 Å². The summed E-state index contributed by atoms with van der Waals surface area (Å²) in [6.07, 6.45) is 3.30. The summed E-state index contributed by atoms with van der Waals surface area (Å²) in [6, 6.07) is 17.8. The number of benzene rings is 2. The third kappa shape index (κ3) is 4.91. The summed E-state index contributed by atoms with van der Waals surface area (Å²) in [7, 11) is 0. The van der Waals surface area contributed by atoms with Gasteiger partial charge in [0.2, 0.25) is 0 Å². The topological polar surface area (TPSA) is 54.3 Å². The summed E-state index contributed by atoms with van der Waals surface area (Å²) in [6.45, 7) is 4.45. The monoisotopic (exact) mass is 419 g/mol. The molecule has 1 amide bonds. The van der Waals surface area contributed by atoms with E-state index in [1.807, 2.05) is 18.2 Å². The number of hydrogen-bond acceptors (Lipinski definition) is 3. The summed E-state index contributed by atoms with van der Waals surface area (Å²) in [4.78, 5) is 28.4. The SMILES string of the molecule is Cc1ccn(-c2ccc(F)cc2)c(=O)c1C(=O)NC1CCN(Cc2ccccc2)CC1. The molecule has 0 spiro atoms. The maximum Gasteiger partial charge on any atom is 0.268 e. The van der Waals surface area contributed by atoms with Crippen LogP contribution in [0.3, 0.4) is 0 Å². The molecule has 5 nitrogen and oxygen atoms in total. The maximum absolute atomic E-state index is 13.2. The van der Waals surface area contributed by atoms with Gasteiger partial charge in [-0.1, -0.05) is 30.3 Å². The molecule has 0 atom stereocenters. The second-order valence-corrected chi connectivity index (χ2v) is 8.03. The van der Waals surface area contributed by atoms with Crippen molar-refractivity contribution < 1.29 is 9.18 Å². The standard InChI is InChI=1S/C25H26FN3O2/c1-18-11-16-29(22-9-7-20(26)8-10-22)25(31)23(18)24(30)27-21-12-14-28(15-13-21)17-19-5-3-2-4-6-19/h2-11,16,21H,12-15,17H2,1H3,(H,27,30). The van der Waals surface area contributed by atoms with E-state index in [9.17, 15) is 14.0 Å². The van der Waals surface area contributed by atoms with E-state index in [0.29, 0.717) is 11.3 Å². The fourth-order valence-electron chi connectivity index (χ4n) is 4.04. The highest BCUT2D eigenvalue weighted by Crippen LogP contribution is 2.15. The second-order valence-electron chi connectivity index (χ2n) is 8.03. The minimum absolute atomic E-state index is 0.0396. The van der Waals surface area contributed by atoms with Crippen LogP contribution in [-0.2, 0) is 6.54 Å². The molecule has 160 valence electrons. The molecule has 0 unspecified atom stereocenters. The number of aromatic nitrogens is 1. The van der Waals surface area contributed by atoms with Crippen molar-refractivity contribution in [3.63, 3.8) is 0 Å². The van der Waals surface area contributed by atoms with Gasteiger partial charge in [0.05, 0.1) is 0 Å². The minimum atomic E-state index is -0.398. The molecule has 31 heavy (non-hydrogen) atoms. The molecule has 3 aromatic rings. The molecule has 1 fully saturated rings. The molecule has 1 N–H and O–H groups in total. The van der Waals surface area contributed by atoms with Gasteiger partial charge in [0.25, 0.3) is 11.5 Å². The third-order valence-electron chi connectivity index (χ3n) is 5.80. The minimum Gasteiger partial charge on any atom is -0.349 e. The Kier molecular flexibility index (Phi) is 6.28. The molecule has 0 radical (unpaired) electrons. The highest BCUT2D eigenvalue weighted by atomic mass is 19.1. The number of amides is 1. The first-order valence-corrected chi connectivity index (χ1v) is 10.6. The van der Waals surface area contributed by atoms with Gasteiger partial charge in [0.1, 0.15) is 11.4 Å². The fourth-order valence-corrected chi connectivity index (χ4v) is 4.04. The molecular weight excluding hydrogens is 393 g/mol. The van der Waals surface area contributed by atoms with Crippen LogP contribution in [-0.4, -0.2) is 34.5 Å². The number of carbonyl (C=O) groups excluding carboxylic acids is 1. The van der Waals surface area contributed by atoms with Crippen LogP contribution in [0.4, 0.5) is 4.39 Å². The first-order valence-electron chi connectivity index (χ1n) is 10.6. The maximum atomic E-state index is 13.2. The number of halogens is 1. The summed E-state index contributed by atoms with van der Waals surface area (Å²) >= 11 is 0. The molecule has 2 heterocycles. The molecule has 1 aromatic heterocycles. The Morgan fingerprint density at radius 1 is 1.03 bits per heavy atom. The smallest absolute Gasteiger partial charge is 0.268 e. The van der Waals surface area contributed by atoms with Crippen LogP contribution in [0.25, 0.3) is 5.69 Å². The van der Waals surface area contributed by atoms with Crippen LogP contribution in [0.2, 0.25) is 0 Å². The van der Waals surface area contributed by atoms with Crippen molar-refractivity contribution in [2.45, 2.75) is 32.4 Å². The van der Waals surface area contributed by atoms with Gasteiger partial charge in [-0.3, -0.25) is 19.1 Å². The van der Waals surface area contributed by atoms with E-state index in [-0.39, 0.29) is 23.3 Å². The summed E-state index contributed by atoms with van der Waals surface area (Å²) < 4.78 is 14.6. The summed E-state index contributed by atoms with van der Waals surface area (Å²) in [5.74, 6) is -0.721. The van der Waals surface area contributed by atoms with Crippen LogP contribution >= 0.6 is 0 Å². The molecule has 1 aliphatic heterocycles. The Morgan fingerprint density at radius 3 is 2.39 bits per heavy atom. The number of hydrogen-bond donors (Lipinski definition) is 1. The predicted molar refractivity (Wildman–Crippen MR) is 119 cm³/mol. The number of rotatable bonds is 5. The van der Waals surface area contributed by atoms with Crippen LogP contribution < -0.4 is 10.9 Å². The van der Waals surface area contributed by atoms with E-state index in [1.54, 1.807) is 19.2 Å². The number of piperidine rings is 1. The van der Waals surface area contributed by atoms with Gasteiger partial charge in [-0.2, -0.15) is 0 Å². The zero-order valence-electron chi connectivity index (χ0n) is 17.6. The summed E-state index contributed by atoms with van der Waals surface area (Å²) in [5.41, 5.74) is 2.17. The van der Waals surface area contributed by atoms with Gasteiger partial charge >= 0.3 is 0 Å². The number of nitrogens with zero attached hydrogens (tertiary/aromatic N) is 2. The zero-order valence-corrected chi connectivity index (χ0v) is 17.6. The highest BCUT2D eigenvalue weighted by Gasteiger charge is 2.23. The lowest BCUT2D eigenvalue weighted by Crippen LogP contribution is -2.45. The molecule has 2 aromatic carbocycles. The van der Waals surface area contributed by atoms with Crippen molar-refractivity contribution in [1.29, 1.82) is 0 Å². The third-order valence-corrected chi connectivity index (χ3v) is 5.80. The molecular formula is C25H26FN3O2. The predicted octanol–water partition coefficient (Wildman–Crippen LogP) is 3.68. The molecule has 4 rings (SSSR count). The lowest BCUT2D eigenvalue weighted by molar-refractivity contribution is 0.0906. The van der Waals surface area contributed by atoms with E-state index in [0.717, 1.165) is 32.5 Å². The highest BCUT2D eigenvalue weighted by molar-refractivity contribution is 5.95. The average Bonchev–Trinajstić information content (AvgIpc) is 2.77. The molecule has 0 aliphatic carbocycles. The Balaban J connectivity index is 1.43. The quantitative estimate of drug-likeness (QED) is 0.687. The number of nitrogens with one attached hydrogen (secondary N) is 1. The Labute approximate surface area is 181 Å². The van der Waals surface area contributed by atoms with Crippen LogP contribution in [0.1, 0.15) is 34.3 Å². The second kappa shape index (κ2) is 9.27. The normalized spacial score (nSPS) is 15.0. The van der Waals surface area contributed by atoms with Crippen molar-refractivity contribution in [2.75, 3.05) is 13.1 Å².